The number of hydrogen-bond acceptors (Lipinski definition) is 3. The van der Waals surface area contributed by atoms with Crippen molar-refractivity contribution in [1.29, 1.82) is 0 Å². The van der Waals surface area contributed by atoms with Crippen molar-refractivity contribution in [2.24, 2.45) is 5.92 Å². The Morgan fingerprint density at radius 2 is 1.92 bits per heavy atom. The molecule has 0 saturated carbocycles. The molecule has 1 unspecified atom stereocenters. The van der Waals surface area contributed by atoms with E-state index in [0.717, 1.165) is 0 Å². The number of carboxylic acid groups (broad SMARTS) is 1. The van der Waals surface area contributed by atoms with Crippen LogP contribution in [0.3, 0.4) is 0 Å². The van der Waals surface area contributed by atoms with Crippen LogP contribution in [0.15, 0.2) is 0 Å². The Kier molecular flexibility index (Phi) is 4.51. The Labute approximate surface area is 72.2 Å². The molecule has 0 radical (unpaired) electrons. The SMILES string of the molecule is CCC(C(=O)O)C(=O)CN(C)C. The second kappa shape index (κ2) is 4.87. The molecule has 0 rings (SSSR count). The van der Waals surface area contributed by atoms with E-state index in [9.17, 15) is 9.59 Å². The van der Waals surface area contributed by atoms with Gasteiger partial charge in [0, 0.05) is 0 Å². The summed E-state index contributed by atoms with van der Waals surface area (Å²) < 4.78 is 0. The topological polar surface area (TPSA) is 57.6 Å². The number of carbonyl (C=O) groups is 2. The molecular weight excluding hydrogens is 158 g/mol. The van der Waals surface area contributed by atoms with Gasteiger partial charge in [-0.3, -0.25) is 9.59 Å². The van der Waals surface area contributed by atoms with E-state index in [-0.39, 0.29) is 12.3 Å². The second-order valence-corrected chi connectivity index (χ2v) is 3.00. The normalized spacial score (nSPS) is 13.0. The van der Waals surface area contributed by atoms with Gasteiger partial charge in [0.2, 0.25) is 0 Å². The zero-order valence-corrected chi connectivity index (χ0v) is 7.70. The Balaban J connectivity index is 4.13. The van der Waals surface area contributed by atoms with Gasteiger partial charge in [-0.15, -0.1) is 0 Å². The smallest absolute Gasteiger partial charge is 0.314 e. The van der Waals surface area contributed by atoms with E-state index in [2.05, 4.69) is 0 Å². The number of aliphatic carboxylic acids is 1. The fourth-order valence-corrected chi connectivity index (χ4v) is 0.962. The van der Waals surface area contributed by atoms with Crippen molar-refractivity contribution in [3.8, 4) is 0 Å². The van der Waals surface area contributed by atoms with Crippen LogP contribution in [0.1, 0.15) is 13.3 Å². The first-order valence-electron chi connectivity index (χ1n) is 3.89. The van der Waals surface area contributed by atoms with E-state index in [0.29, 0.717) is 6.42 Å². The van der Waals surface area contributed by atoms with E-state index in [4.69, 9.17) is 5.11 Å². The fraction of sp³-hybridized carbons (Fsp3) is 0.750. The average Bonchev–Trinajstić information content (AvgIpc) is 1.85. The molecule has 0 bridgehead atoms. The molecule has 0 spiro atoms. The molecule has 70 valence electrons. The van der Waals surface area contributed by atoms with Crippen molar-refractivity contribution in [1.82, 2.24) is 4.90 Å². The molecule has 0 aliphatic carbocycles. The Morgan fingerprint density at radius 1 is 1.42 bits per heavy atom. The number of carbonyl (C=O) groups excluding carboxylic acids is 1. The van der Waals surface area contributed by atoms with Crippen molar-refractivity contribution in [3.05, 3.63) is 0 Å². The van der Waals surface area contributed by atoms with Crippen LogP contribution in [0.5, 0.6) is 0 Å². The summed E-state index contributed by atoms with van der Waals surface area (Å²) in [5, 5.41) is 8.62. The molecule has 0 aromatic rings. The summed E-state index contributed by atoms with van der Waals surface area (Å²) in [7, 11) is 3.49. The second-order valence-electron chi connectivity index (χ2n) is 3.00. The van der Waals surface area contributed by atoms with Crippen LogP contribution < -0.4 is 0 Å². The molecule has 0 aromatic carbocycles. The lowest BCUT2D eigenvalue weighted by molar-refractivity contribution is -0.146. The van der Waals surface area contributed by atoms with Crippen molar-refractivity contribution < 1.29 is 14.7 Å². The van der Waals surface area contributed by atoms with E-state index in [1.165, 1.54) is 0 Å². The van der Waals surface area contributed by atoms with Crippen LogP contribution in [0, 0.1) is 5.92 Å². The molecule has 0 aliphatic heterocycles. The summed E-state index contributed by atoms with van der Waals surface area (Å²) in [5.41, 5.74) is 0. The van der Waals surface area contributed by atoms with E-state index in [1.54, 1.807) is 25.9 Å². The van der Waals surface area contributed by atoms with Gasteiger partial charge in [-0.25, -0.2) is 0 Å². The molecule has 0 saturated heterocycles. The summed E-state index contributed by atoms with van der Waals surface area (Å²) in [6.45, 7) is 1.90. The zero-order valence-electron chi connectivity index (χ0n) is 7.70. The Morgan fingerprint density at radius 3 is 2.17 bits per heavy atom. The summed E-state index contributed by atoms with van der Waals surface area (Å²) >= 11 is 0. The highest BCUT2D eigenvalue weighted by atomic mass is 16.4. The van der Waals surface area contributed by atoms with Crippen molar-refractivity contribution in [2.75, 3.05) is 20.6 Å². The number of Topliss-reactive ketones (excluding diaryl/α,β-unsaturated/α-hetero) is 1. The number of ketones is 1. The molecular formula is C8H15NO3. The standard InChI is InChI=1S/C8H15NO3/c1-4-6(8(11)12)7(10)5-9(2)3/h6H,4-5H2,1-3H3,(H,11,12). The van der Waals surface area contributed by atoms with Gasteiger partial charge in [0.05, 0.1) is 6.54 Å². The summed E-state index contributed by atoms with van der Waals surface area (Å²) in [4.78, 5) is 23.4. The summed E-state index contributed by atoms with van der Waals surface area (Å²) in [5.74, 6) is -2.09. The van der Waals surface area contributed by atoms with Crippen LogP contribution >= 0.6 is 0 Å². The van der Waals surface area contributed by atoms with Gasteiger partial charge >= 0.3 is 5.97 Å². The zero-order chi connectivity index (χ0) is 9.72. The lowest BCUT2D eigenvalue weighted by Gasteiger charge is -2.12. The van der Waals surface area contributed by atoms with Crippen LogP contribution in [0.2, 0.25) is 0 Å². The fourth-order valence-electron chi connectivity index (χ4n) is 0.962. The van der Waals surface area contributed by atoms with Gasteiger partial charge in [-0.05, 0) is 20.5 Å². The van der Waals surface area contributed by atoms with Crippen LogP contribution in [0.25, 0.3) is 0 Å². The summed E-state index contributed by atoms with van der Waals surface area (Å²) in [6, 6.07) is 0. The predicted octanol–water partition coefficient (Wildman–Crippen LogP) is 0.228. The van der Waals surface area contributed by atoms with Gasteiger partial charge in [-0.1, -0.05) is 6.92 Å². The van der Waals surface area contributed by atoms with Gasteiger partial charge in [-0.2, -0.15) is 0 Å². The maximum atomic E-state index is 11.2. The third kappa shape index (κ3) is 3.48. The lowest BCUT2D eigenvalue weighted by Crippen LogP contribution is -2.31. The molecule has 12 heavy (non-hydrogen) atoms. The maximum absolute atomic E-state index is 11.2. The number of likely N-dealkylation sites (N-methyl/N-ethyl adjacent to an activating group) is 1. The van der Waals surface area contributed by atoms with Crippen LogP contribution in [-0.2, 0) is 9.59 Å². The molecule has 0 heterocycles. The first-order chi connectivity index (χ1) is 5.49. The molecule has 0 aliphatic rings. The highest BCUT2D eigenvalue weighted by molar-refractivity contribution is 5.99. The first kappa shape index (κ1) is 11.1. The minimum absolute atomic E-state index is 0.199. The third-order valence-corrected chi connectivity index (χ3v) is 1.57. The molecule has 1 N–H and O–H groups in total. The third-order valence-electron chi connectivity index (χ3n) is 1.57. The van der Waals surface area contributed by atoms with E-state index < -0.39 is 11.9 Å². The first-order valence-corrected chi connectivity index (χ1v) is 3.89. The predicted molar refractivity (Wildman–Crippen MR) is 45.0 cm³/mol. The number of hydrogen-bond donors (Lipinski definition) is 1. The van der Waals surface area contributed by atoms with Crippen LogP contribution in [-0.4, -0.2) is 42.4 Å². The molecule has 4 nitrogen and oxygen atoms in total. The highest BCUT2D eigenvalue weighted by Gasteiger charge is 2.23. The molecule has 0 amide bonds. The Bertz CT molecular complexity index is 177. The monoisotopic (exact) mass is 173 g/mol. The van der Waals surface area contributed by atoms with Crippen LogP contribution in [0.4, 0.5) is 0 Å². The quantitative estimate of drug-likeness (QED) is 0.604. The molecule has 0 aromatic heterocycles. The van der Waals surface area contributed by atoms with Gasteiger partial charge in [0.15, 0.2) is 5.78 Å². The number of nitrogens with zero attached hydrogens (tertiary/aromatic N) is 1. The molecule has 0 fully saturated rings. The lowest BCUT2D eigenvalue weighted by atomic mass is 10.0. The van der Waals surface area contributed by atoms with Gasteiger partial charge in [0.25, 0.3) is 0 Å². The minimum Gasteiger partial charge on any atom is -0.481 e. The van der Waals surface area contributed by atoms with Crippen molar-refractivity contribution >= 4 is 11.8 Å². The molecule has 4 heteroatoms. The summed E-state index contributed by atoms with van der Waals surface area (Å²) in [6.07, 6.45) is 0.363. The van der Waals surface area contributed by atoms with E-state index >= 15 is 0 Å². The molecule has 1 atom stereocenters. The average molecular weight is 173 g/mol. The van der Waals surface area contributed by atoms with Gasteiger partial charge in [0.1, 0.15) is 5.92 Å². The largest absolute Gasteiger partial charge is 0.481 e. The van der Waals surface area contributed by atoms with Gasteiger partial charge < -0.3 is 10.0 Å². The highest BCUT2D eigenvalue weighted by Crippen LogP contribution is 2.04. The maximum Gasteiger partial charge on any atom is 0.314 e. The number of carboxylic acids is 1. The van der Waals surface area contributed by atoms with Crippen molar-refractivity contribution in [3.63, 3.8) is 0 Å². The van der Waals surface area contributed by atoms with Crippen molar-refractivity contribution in [2.45, 2.75) is 13.3 Å². The minimum atomic E-state index is -1.02. The van der Waals surface area contributed by atoms with E-state index in [1.807, 2.05) is 0 Å². The number of rotatable bonds is 5. The Hall–Kier alpha value is -0.900.